The normalized spacial score (nSPS) is 10.6. The fourth-order valence-electron chi connectivity index (χ4n) is 2.85. The first-order valence-corrected chi connectivity index (χ1v) is 12.5. The third kappa shape index (κ3) is 6.84. The molecule has 0 bridgehead atoms. The minimum Gasteiger partial charge on any atom is -0.495 e. The summed E-state index contributed by atoms with van der Waals surface area (Å²) in [5.74, 6) is 0.508. The summed E-state index contributed by atoms with van der Waals surface area (Å²) in [6.07, 6.45) is 2.78. The summed E-state index contributed by atoms with van der Waals surface area (Å²) in [4.78, 5) is 24.2. The van der Waals surface area contributed by atoms with E-state index >= 15 is 0 Å². The number of nitrogens with one attached hydrogen (secondary N) is 1. The molecule has 1 aromatic carbocycles. The maximum absolute atomic E-state index is 11.8. The molecule has 3 aromatic rings. The van der Waals surface area contributed by atoms with Crippen LogP contribution in [0.25, 0.3) is 0 Å². The lowest BCUT2D eigenvalue weighted by Gasteiger charge is -2.18. The van der Waals surface area contributed by atoms with Gasteiger partial charge in [-0.1, -0.05) is 52.6 Å². The van der Waals surface area contributed by atoms with Crippen molar-refractivity contribution in [3.8, 4) is 11.5 Å². The van der Waals surface area contributed by atoms with Crippen molar-refractivity contribution in [1.29, 1.82) is 0 Å². The van der Waals surface area contributed by atoms with Crippen LogP contribution in [0.5, 0.6) is 11.5 Å². The molecule has 0 atom stereocenters. The third-order valence-electron chi connectivity index (χ3n) is 4.50. The molecule has 10 nitrogen and oxygen atoms in total. The fraction of sp³-hybridized carbons (Fsp3) is 0.238. The zero-order valence-electron chi connectivity index (χ0n) is 19.0. The third-order valence-corrected chi connectivity index (χ3v) is 6.37. The van der Waals surface area contributed by atoms with Crippen LogP contribution in [0, 0.1) is 0 Å². The van der Waals surface area contributed by atoms with Crippen LogP contribution in [0.4, 0.5) is 11.5 Å². The summed E-state index contributed by atoms with van der Waals surface area (Å²) in [5.41, 5.74) is 0.425. The van der Waals surface area contributed by atoms with Gasteiger partial charge in [-0.3, -0.25) is 0 Å². The van der Waals surface area contributed by atoms with E-state index in [4.69, 9.17) is 49.0 Å². The molecule has 36 heavy (non-hydrogen) atoms. The van der Waals surface area contributed by atoms with Gasteiger partial charge >= 0.3 is 13.1 Å². The molecule has 2 aromatic heterocycles. The molecule has 190 valence electrons. The van der Waals surface area contributed by atoms with Gasteiger partial charge in [0.25, 0.3) is 0 Å². The maximum atomic E-state index is 11.8. The number of hydrogen-bond acceptors (Lipinski definition) is 11. The van der Waals surface area contributed by atoms with Crippen LogP contribution in [0.1, 0.15) is 17.3 Å². The number of halogens is 3. The second-order valence-corrected chi connectivity index (χ2v) is 8.97. The zero-order chi connectivity index (χ0) is 26.2. The summed E-state index contributed by atoms with van der Waals surface area (Å²) in [7, 11) is -0.331. The molecular formula is C21H20BCl3N4O6S. The van der Waals surface area contributed by atoms with Crippen LogP contribution in [0.3, 0.4) is 0 Å². The van der Waals surface area contributed by atoms with Gasteiger partial charge in [0.1, 0.15) is 38.1 Å². The van der Waals surface area contributed by atoms with Gasteiger partial charge < -0.3 is 29.6 Å². The smallest absolute Gasteiger partial charge is 0.492 e. The van der Waals surface area contributed by atoms with Crippen molar-refractivity contribution in [2.24, 2.45) is 0 Å². The molecule has 0 spiro atoms. The van der Waals surface area contributed by atoms with Gasteiger partial charge in [0.15, 0.2) is 5.16 Å². The Morgan fingerprint density at radius 3 is 2.61 bits per heavy atom. The molecule has 3 N–H and O–H groups in total. The second-order valence-electron chi connectivity index (χ2n) is 6.79. The average Bonchev–Trinajstić information content (AvgIpc) is 2.85. The Bertz CT molecular complexity index is 1240. The number of rotatable bonds is 11. The van der Waals surface area contributed by atoms with Gasteiger partial charge in [0.2, 0.25) is 0 Å². The number of ether oxygens (including phenoxy) is 3. The molecule has 2 heterocycles. The number of hydrogen-bond donors (Lipinski definition) is 3. The molecular weight excluding hydrogens is 553 g/mol. The molecule has 0 fully saturated rings. The van der Waals surface area contributed by atoms with E-state index in [-0.39, 0.29) is 62.4 Å². The van der Waals surface area contributed by atoms with E-state index in [1.807, 2.05) is 0 Å². The lowest BCUT2D eigenvalue weighted by molar-refractivity contribution is 0.0525. The molecule has 3 rings (SSSR count). The minimum atomic E-state index is -1.76. The molecule has 0 saturated carbocycles. The van der Waals surface area contributed by atoms with Crippen molar-refractivity contribution < 1.29 is 29.1 Å². The highest BCUT2D eigenvalue weighted by atomic mass is 35.5. The monoisotopic (exact) mass is 572 g/mol. The average molecular weight is 574 g/mol. The number of anilines is 2. The van der Waals surface area contributed by atoms with E-state index < -0.39 is 13.1 Å². The maximum Gasteiger partial charge on any atom is 0.492 e. The predicted molar refractivity (Wildman–Crippen MR) is 140 cm³/mol. The van der Waals surface area contributed by atoms with Gasteiger partial charge in [-0.05, 0) is 13.0 Å². The van der Waals surface area contributed by atoms with Crippen molar-refractivity contribution in [1.82, 2.24) is 15.0 Å². The summed E-state index contributed by atoms with van der Waals surface area (Å²) in [5, 5.41) is 22.8. The highest BCUT2D eigenvalue weighted by molar-refractivity contribution is 7.99. The fourth-order valence-corrected chi connectivity index (χ4v) is 4.31. The number of methoxy groups -OCH3 is 1. The summed E-state index contributed by atoms with van der Waals surface area (Å²) >= 11 is 20.3. The van der Waals surface area contributed by atoms with E-state index in [1.54, 1.807) is 13.0 Å². The summed E-state index contributed by atoms with van der Waals surface area (Å²) in [6, 6.07) is 4.58. The van der Waals surface area contributed by atoms with Crippen LogP contribution >= 0.6 is 46.6 Å². The summed E-state index contributed by atoms with van der Waals surface area (Å²) < 4.78 is 16.1. The van der Waals surface area contributed by atoms with Crippen molar-refractivity contribution in [2.75, 3.05) is 31.4 Å². The number of nitrogens with zero attached hydrogens (tertiary/aromatic N) is 3. The van der Waals surface area contributed by atoms with E-state index in [2.05, 4.69) is 20.3 Å². The molecule has 0 aliphatic carbocycles. The van der Waals surface area contributed by atoms with Crippen LogP contribution < -0.4 is 20.3 Å². The van der Waals surface area contributed by atoms with Crippen molar-refractivity contribution >= 4 is 76.6 Å². The van der Waals surface area contributed by atoms with Gasteiger partial charge in [0, 0.05) is 29.7 Å². The molecule has 0 radical (unpaired) electrons. The molecule has 0 aliphatic rings. The van der Waals surface area contributed by atoms with Crippen LogP contribution in [-0.4, -0.2) is 64.2 Å². The lowest BCUT2D eigenvalue weighted by atomic mass is 9.80. The molecule has 0 amide bonds. The van der Waals surface area contributed by atoms with Crippen LogP contribution in [0.15, 0.2) is 35.7 Å². The van der Waals surface area contributed by atoms with Gasteiger partial charge in [-0.2, -0.15) is 0 Å². The highest BCUT2D eigenvalue weighted by Crippen LogP contribution is 2.45. The molecule has 15 heteroatoms. The molecule has 0 unspecified atom stereocenters. The Balaban J connectivity index is 1.72. The Morgan fingerprint density at radius 2 is 1.94 bits per heavy atom. The van der Waals surface area contributed by atoms with Crippen LogP contribution in [-0.2, 0) is 4.74 Å². The quantitative estimate of drug-likeness (QED) is 0.0775. The highest BCUT2D eigenvalue weighted by Gasteiger charge is 2.22. The first-order valence-electron chi connectivity index (χ1n) is 10.4. The Kier molecular flexibility index (Phi) is 10.3. The standard InChI is InChI=1S/C21H20BCl3N4O6S/c1-3-34-20(30)11-10-27-21(29-18(11)25)36-8-7-35-14-9-13(33-2)15(23)17(16(14)24)28-19-12(22(31)32)5-4-6-26-19/h4-6,9-10,31-32H,3,7-8H2,1-2H3,(H,26,28). The first kappa shape index (κ1) is 28.1. The summed E-state index contributed by atoms with van der Waals surface area (Å²) in [6.45, 7) is 2.10. The van der Waals surface area contributed by atoms with Crippen molar-refractivity contribution in [2.45, 2.75) is 12.1 Å². The number of pyridine rings is 1. The predicted octanol–water partition coefficient (Wildman–Crippen LogP) is 3.61. The SMILES string of the molecule is CCOC(=O)c1cnc(SCCOc2cc(OC)c(Cl)c(Nc3ncccc3B(O)O)c2Cl)nc1Cl. The largest absolute Gasteiger partial charge is 0.495 e. The number of benzene rings is 1. The van der Waals surface area contributed by atoms with Crippen molar-refractivity contribution in [3.63, 3.8) is 0 Å². The topological polar surface area (TPSA) is 136 Å². The molecule has 0 aliphatic heterocycles. The van der Waals surface area contributed by atoms with E-state index in [0.29, 0.717) is 10.9 Å². The van der Waals surface area contributed by atoms with Gasteiger partial charge in [-0.25, -0.2) is 19.7 Å². The number of carbonyl (C=O) groups excluding carboxylic acids is 1. The molecule has 0 saturated heterocycles. The van der Waals surface area contributed by atoms with Crippen LogP contribution in [0.2, 0.25) is 15.2 Å². The van der Waals surface area contributed by atoms with E-state index in [0.717, 1.165) is 0 Å². The zero-order valence-corrected chi connectivity index (χ0v) is 22.1. The lowest BCUT2D eigenvalue weighted by Crippen LogP contribution is -2.32. The number of aromatic nitrogens is 3. The number of carbonyl (C=O) groups is 1. The minimum absolute atomic E-state index is 0.00467. The van der Waals surface area contributed by atoms with Gasteiger partial charge in [0.05, 0.1) is 26.0 Å². The van der Waals surface area contributed by atoms with E-state index in [9.17, 15) is 14.8 Å². The van der Waals surface area contributed by atoms with Crippen molar-refractivity contribution in [3.05, 3.63) is 51.4 Å². The Hall–Kier alpha value is -2.48. The van der Waals surface area contributed by atoms with Gasteiger partial charge in [-0.15, -0.1) is 0 Å². The van der Waals surface area contributed by atoms with E-state index in [1.165, 1.54) is 43.4 Å². The Morgan fingerprint density at radius 1 is 1.19 bits per heavy atom. The first-order chi connectivity index (χ1) is 17.3. The number of esters is 1. The number of thioether (sulfide) groups is 1. The Labute approximate surface area is 226 Å². The second kappa shape index (κ2) is 13.2.